The highest BCUT2D eigenvalue weighted by molar-refractivity contribution is 5.74. The van der Waals surface area contributed by atoms with Gasteiger partial charge in [0.05, 0.1) is 30.6 Å². The quantitative estimate of drug-likeness (QED) is 0.871. The lowest BCUT2D eigenvalue weighted by molar-refractivity contribution is 0.0344. The number of imidazole rings is 1. The summed E-state index contributed by atoms with van der Waals surface area (Å²) in [7, 11) is 0. The van der Waals surface area contributed by atoms with Crippen molar-refractivity contribution in [3.05, 3.63) is 30.6 Å². The summed E-state index contributed by atoms with van der Waals surface area (Å²) >= 11 is 0. The van der Waals surface area contributed by atoms with Crippen molar-refractivity contribution in [2.45, 2.75) is 19.5 Å². The number of para-hydroxylation sites is 2. The third-order valence-electron chi connectivity index (χ3n) is 4.01. The Morgan fingerprint density at radius 2 is 2.10 bits per heavy atom. The van der Waals surface area contributed by atoms with Gasteiger partial charge in [0.1, 0.15) is 0 Å². The van der Waals surface area contributed by atoms with Crippen LogP contribution < -0.4 is 5.32 Å². The maximum atomic E-state index is 5.38. The van der Waals surface area contributed by atoms with Crippen LogP contribution in [0.25, 0.3) is 11.0 Å². The summed E-state index contributed by atoms with van der Waals surface area (Å²) in [6, 6.07) is 8.77. The summed E-state index contributed by atoms with van der Waals surface area (Å²) in [5.74, 6) is 0. The standard InChI is InChI=1S/C16H24N4O/c1-14(12-19-8-10-21-11-9-19)17-6-7-20-13-18-15-4-2-3-5-16(15)20/h2-5,13-14,17H,6-12H2,1H3. The van der Waals surface area contributed by atoms with E-state index in [1.807, 2.05) is 12.4 Å². The van der Waals surface area contributed by atoms with E-state index in [1.54, 1.807) is 0 Å². The molecule has 1 N–H and O–H groups in total. The van der Waals surface area contributed by atoms with E-state index in [-0.39, 0.29) is 0 Å². The van der Waals surface area contributed by atoms with E-state index >= 15 is 0 Å². The normalized spacial score (nSPS) is 18.1. The van der Waals surface area contributed by atoms with Crippen LogP contribution in [0.3, 0.4) is 0 Å². The maximum Gasteiger partial charge on any atom is 0.0958 e. The fourth-order valence-corrected chi connectivity index (χ4v) is 2.86. The van der Waals surface area contributed by atoms with Gasteiger partial charge in [0.25, 0.3) is 0 Å². The molecule has 0 aliphatic carbocycles. The first kappa shape index (κ1) is 14.5. The van der Waals surface area contributed by atoms with Crippen molar-refractivity contribution in [2.24, 2.45) is 0 Å². The Morgan fingerprint density at radius 1 is 1.29 bits per heavy atom. The molecule has 0 radical (unpaired) electrons. The number of nitrogens with zero attached hydrogens (tertiary/aromatic N) is 3. The predicted octanol–water partition coefficient (Wildman–Crippen LogP) is 1.35. The Balaban J connectivity index is 1.45. The van der Waals surface area contributed by atoms with E-state index in [2.05, 4.69) is 44.9 Å². The maximum absolute atomic E-state index is 5.38. The van der Waals surface area contributed by atoms with Crippen LogP contribution in [0.1, 0.15) is 6.92 Å². The molecule has 3 rings (SSSR count). The molecule has 1 aromatic carbocycles. The smallest absolute Gasteiger partial charge is 0.0958 e. The molecule has 0 saturated carbocycles. The SMILES string of the molecule is CC(CN1CCOCC1)NCCn1cnc2ccccc21. The van der Waals surface area contributed by atoms with Crippen molar-refractivity contribution >= 4 is 11.0 Å². The number of rotatable bonds is 6. The third-order valence-corrected chi connectivity index (χ3v) is 4.01. The molecular weight excluding hydrogens is 264 g/mol. The van der Waals surface area contributed by atoms with Crippen LogP contribution in [-0.2, 0) is 11.3 Å². The second-order valence-corrected chi connectivity index (χ2v) is 5.69. The van der Waals surface area contributed by atoms with Crippen molar-refractivity contribution in [1.29, 1.82) is 0 Å². The number of hydrogen-bond acceptors (Lipinski definition) is 4. The molecule has 0 bridgehead atoms. The third kappa shape index (κ3) is 3.81. The Labute approximate surface area is 125 Å². The Kier molecular flexibility index (Phi) is 4.85. The highest BCUT2D eigenvalue weighted by Crippen LogP contribution is 2.11. The molecule has 1 aliphatic heterocycles. The summed E-state index contributed by atoms with van der Waals surface area (Å²) in [6.45, 7) is 9.10. The highest BCUT2D eigenvalue weighted by Gasteiger charge is 2.13. The zero-order valence-corrected chi connectivity index (χ0v) is 12.7. The van der Waals surface area contributed by atoms with E-state index in [0.717, 1.165) is 51.5 Å². The summed E-state index contributed by atoms with van der Waals surface area (Å²) < 4.78 is 7.59. The molecule has 1 unspecified atom stereocenters. The van der Waals surface area contributed by atoms with Gasteiger partial charge in [0, 0.05) is 38.8 Å². The number of morpholine rings is 1. The van der Waals surface area contributed by atoms with Gasteiger partial charge < -0.3 is 14.6 Å². The summed E-state index contributed by atoms with van der Waals surface area (Å²) in [6.07, 6.45) is 1.93. The molecule has 21 heavy (non-hydrogen) atoms. The first-order valence-electron chi connectivity index (χ1n) is 7.76. The highest BCUT2D eigenvalue weighted by atomic mass is 16.5. The lowest BCUT2D eigenvalue weighted by Crippen LogP contribution is -2.45. The first-order chi connectivity index (χ1) is 10.3. The van der Waals surface area contributed by atoms with Crippen LogP contribution in [0.4, 0.5) is 0 Å². The van der Waals surface area contributed by atoms with Crippen LogP contribution in [0, 0.1) is 0 Å². The minimum absolute atomic E-state index is 0.498. The first-order valence-corrected chi connectivity index (χ1v) is 7.76. The zero-order valence-electron chi connectivity index (χ0n) is 12.7. The van der Waals surface area contributed by atoms with Crippen molar-refractivity contribution in [2.75, 3.05) is 39.4 Å². The largest absolute Gasteiger partial charge is 0.379 e. The van der Waals surface area contributed by atoms with Gasteiger partial charge >= 0.3 is 0 Å². The van der Waals surface area contributed by atoms with Gasteiger partial charge in [0.2, 0.25) is 0 Å². The van der Waals surface area contributed by atoms with Gasteiger partial charge in [0.15, 0.2) is 0 Å². The van der Waals surface area contributed by atoms with Crippen LogP contribution in [-0.4, -0.2) is 59.9 Å². The zero-order chi connectivity index (χ0) is 14.5. The molecule has 0 spiro atoms. The summed E-state index contributed by atoms with van der Waals surface area (Å²) in [5.41, 5.74) is 2.28. The summed E-state index contributed by atoms with van der Waals surface area (Å²) in [4.78, 5) is 6.89. The Hall–Kier alpha value is -1.43. The number of fused-ring (bicyclic) bond motifs is 1. The number of aromatic nitrogens is 2. The van der Waals surface area contributed by atoms with Gasteiger partial charge in [-0.25, -0.2) is 4.98 Å². The number of benzene rings is 1. The lowest BCUT2D eigenvalue weighted by atomic mass is 10.3. The van der Waals surface area contributed by atoms with E-state index < -0.39 is 0 Å². The lowest BCUT2D eigenvalue weighted by Gasteiger charge is -2.29. The van der Waals surface area contributed by atoms with Crippen LogP contribution in [0.5, 0.6) is 0 Å². The molecule has 114 valence electrons. The van der Waals surface area contributed by atoms with Crippen molar-refractivity contribution in [3.8, 4) is 0 Å². The molecule has 5 heteroatoms. The summed E-state index contributed by atoms with van der Waals surface area (Å²) in [5, 5.41) is 3.60. The molecular formula is C16H24N4O. The van der Waals surface area contributed by atoms with Gasteiger partial charge in [-0.3, -0.25) is 4.90 Å². The second-order valence-electron chi connectivity index (χ2n) is 5.69. The van der Waals surface area contributed by atoms with Crippen LogP contribution in [0.2, 0.25) is 0 Å². The molecule has 5 nitrogen and oxygen atoms in total. The van der Waals surface area contributed by atoms with Crippen molar-refractivity contribution in [3.63, 3.8) is 0 Å². The van der Waals surface area contributed by atoms with E-state index in [9.17, 15) is 0 Å². The van der Waals surface area contributed by atoms with Gasteiger partial charge in [-0.05, 0) is 19.1 Å². The number of nitrogens with one attached hydrogen (secondary N) is 1. The van der Waals surface area contributed by atoms with Gasteiger partial charge in [-0.1, -0.05) is 12.1 Å². The average Bonchev–Trinajstić information content (AvgIpc) is 2.92. The van der Waals surface area contributed by atoms with Gasteiger partial charge in [-0.15, -0.1) is 0 Å². The number of hydrogen-bond donors (Lipinski definition) is 1. The van der Waals surface area contributed by atoms with Crippen molar-refractivity contribution in [1.82, 2.24) is 19.8 Å². The minimum atomic E-state index is 0.498. The monoisotopic (exact) mass is 288 g/mol. The molecule has 1 aromatic heterocycles. The molecule has 1 atom stereocenters. The topological polar surface area (TPSA) is 42.3 Å². The van der Waals surface area contributed by atoms with Crippen LogP contribution in [0.15, 0.2) is 30.6 Å². The average molecular weight is 288 g/mol. The van der Waals surface area contributed by atoms with Crippen molar-refractivity contribution < 1.29 is 4.74 Å². The molecule has 1 saturated heterocycles. The minimum Gasteiger partial charge on any atom is -0.379 e. The van der Waals surface area contributed by atoms with Crippen LogP contribution >= 0.6 is 0 Å². The molecule has 2 heterocycles. The Morgan fingerprint density at radius 3 is 2.95 bits per heavy atom. The van der Waals surface area contributed by atoms with Gasteiger partial charge in [-0.2, -0.15) is 0 Å². The predicted molar refractivity (Wildman–Crippen MR) is 84.5 cm³/mol. The van der Waals surface area contributed by atoms with E-state index in [4.69, 9.17) is 4.74 Å². The van der Waals surface area contributed by atoms with E-state index in [0.29, 0.717) is 6.04 Å². The number of ether oxygens (including phenoxy) is 1. The fraction of sp³-hybridized carbons (Fsp3) is 0.562. The van der Waals surface area contributed by atoms with E-state index in [1.165, 1.54) is 5.52 Å². The fourth-order valence-electron chi connectivity index (χ4n) is 2.86. The second kappa shape index (κ2) is 7.02. The molecule has 2 aromatic rings. The Bertz CT molecular complexity index is 562. The molecule has 0 amide bonds. The molecule has 1 aliphatic rings. The molecule has 1 fully saturated rings.